The van der Waals surface area contributed by atoms with E-state index in [0.717, 1.165) is 19.5 Å². The maximum absolute atomic E-state index is 8.75. The number of nitrogens with two attached hydrogens (primary N) is 1. The van der Waals surface area contributed by atoms with Crippen LogP contribution in [0, 0.1) is 5.41 Å². The maximum Gasteiger partial charge on any atom is 0.139 e. The van der Waals surface area contributed by atoms with Crippen molar-refractivity contribution < 1.29 is 5.21 Å². The van der Waals surface area contributed by atoms with E-state index in [0.29, 0.717) is 11.9 Å². The smallest absolute Gasteiger partial charge is 0.139 e. The molecule has 110 valence electrons. The van der Waals surface area contributed by atoms with Crippen molar-refractivity contribution in [3.05, 3.63) is 0 Å². The van der Waals surface area contributed by atoms with Gasteiger partial charge in [0.25, 0.3) is 0 Å². The zero-order valence-corrected chi connectivity index (χ0v) is 12.3. The number of likely N-dealkylation sites (N-methyl/N-ethyl adjacent to an activating group) is 1. The third kappa shape index (κ3) is 3.83. The first-order valence-electron chi connectivity index (χ1n) is 7.47. The highest BCUT2D eigenvalue weighted by Crippen LogP contribution is 2.49. The average Bonchev–Trinajstić information content (AvgIpc) is 3.16. The summed E-state index contributed by atoms with van der Waals surface area (Å²) in [5.41, 5.74) is 5.98. The molecule has 0 bridgehead atoms. The first kappa shape index (κ1) is 14.6. The van der Waals surface area contributed by atoms with Crippen LogP contribution in [0.4, 0.5) is 0 Å². The lowest BCUT2D eigenvalue weighted by molar-refractivity contribution is 0.151. The quantitative estimate of drug-likeness (QED) is 0.342. The summed E-state index contributed by atoms with van der Waals surface area (Å²) in [7, 11) is 2.22. The molecule has 0 radical (unpaired) electrons. The lowest BCUT2D eigenvalue weighted by atomic mass is 9.99. The molecule has 1 atom stereocenters. The zero-order chi connectivity index (χ0) is 13.9. The number of hydrogen-bond acceptors (Lipinski definition) is 4. The Balaban J connectivity index is 1.96. The Labute approximate surface area is 116 Å². The van der Waals surface area contributed by atoms with Crippen molar-refractivity contribution in [2.45, 2.75) is 45.1 Å². The summed E-state index contributed by atoms with van der Waals surface area (Å²) < 4.78 is 0. The molecule has 1 saturated heterocycles. The average molecular weight is 268 g/mol. The molecule has 1 unspecified atom stereocenters. The third-order valence-corrected chi connectivity index (χ3v) is 4.68. The van der Waals surface area contributed by atoms with Crippen LogP contribution in [-0.4, -0.2) is 60.1 Å². The highest BCUT2D eigenvalue weighted by Gasteiger charge is 2.45. The van der Waals surface area contributed by atoms with E-state index in [4.69, 9.17) is 10.9 Å². The van der Waals surface area contributed by atoms with Crippen molar-refractivity contribution in [1.82, 2.24) is 9.80 Å². The largest absolute Gasteiger partial charge is 0.409 e. The van der Waals surface area contributed by atoms with E-state index in [9.17, 15) is 0 Å². The van der Waals surface area contributed by atoms with Gasteiger partial charge in [-0.2, -0.15) is 0 Å². The second-order valence-corrected chi connectivity index (χ2v) is 6.42. The highest BCUT2D eigenvalue weighted by molar-refractivity contribution is 5.80. The fourth-order valence-electron chi connectivity index (χ4n) is 3.31. The van der Waals surface area contributed by atoms with E-state index in [1.165, 1.54) is 38.8 Å². The van der Waals surface area contributed by atoms with Crippen LogP contribution in [0.2, 0.25) is 0 Å². The minimum Gasteiger partial charge on any atom is -0.409 e. The van der Waals surface area contributed by atoms with E-state index >= 15 is 0 Å². The summed E-state index contributed by atoms with van der Waals surface area (Å²) in [5, 5.41) is 11.9. The van der Waals surface area contributed by atoms with Gasteiger partial charge in [-0.1, -0.05) is 12.1 Å². The van der Waals surface area contributed by atoms with Crippen LogP contribution in [0.5, 0.6) is 0 Å². The molecule has 0 spiro atoms. The van der Waals surface area contributed by atoms with Gasteiger partial charge in [0.1, 0.15) is 5.84 Å². The van der Waals surface area contributed by atoms with Crippen molar-refractivity contribution in [3.63, 3.8) is 0 Å². The Morgan fingerprint density at radius 3 is 2.74 bits per heavy atom. The van der Waals surface area contributed by atoms with Crippen LogP contribution in [0.25, 0.3) is 0 Å². The van der Waals surface area contributed by atoms with Crippen LogP contribution < -0.4 is 5.73 Å². The number of oxime groups is 1. The molecular weight excluding hydrogens is 240 g/mol. The lowest BCUT2D eigenvalue weighted by Crippen LogP contribution is -2.43. The summed E-state index contributed by atoms with van der Waals surface area (Å²) in [6, 6.07) is 0.650. The van der Waals surface area contributed by atoms with Gasteiger partial charge in [-0.25, -0.2) is 0 Å². The fraction of sp³-hybridized carbons (Fsp3) is 0.929. The topological polar surface area (TPSA) is 65.1 Å². The highest BCUT2D eigenvalue weighted by atomic mass is 16.4. The van der Waals surface area contributed by atoms with Crippen molar-refractivity contribution in [3.8, 4) is 0 Å². The molecule has 0 aromatic carbocycles. The first-order valence-corrected chi connectivity index (χ1v) is 7.47. The molecule has 2 fully saturated rings. The fourth-order valence-corrected chi connectivity index (χ4v) is 3.31. The standard InChI is InChI=1S/C14H28N4O/c1-3-12-10-17(2)7-4-8-18(12)11-14(5-6-14)9-13(15)16-19/h12,19H,3-11H2,1-2H3,(H2,15,16). The molecule has 2 aliphatic rings. The van der Waals surface area contributed by atoms with Gasteiger partial charge < -0.3 is 15.8 Å². The number of rotatable bonds is 5. The molecule has 1 saturated carbocycles. The minimum atomic E-state index is 0.284. The van der Waals surface area contributed by atoms with Gasteiger partial charge in [0, 0.05) is 25.6 Å². The van der Waals surface area contributed by atoms with E-state index in [1.54, 1.807) is 0 Å². The van der Waals surface area contributed by atoms with Crippen molar-refractivity contribution in [2.24, 2.45) is 16.3 Å². The third-order valence-electron chi connectivity index (χ3n) is 4.68. The van der Waals surface area contributed by atoms with Gasteiger partial charge in [-0.05, 0) is 51.2 Å². The van der Waals surface area contributed by atoms with E-state index < -0.39 is 0 Å². The monoisotopic (exact) mass is 268 g/mol. The number of hydrogen-bond donors (Lipinski definition) is 2. The lowest BCUT2D eigenvalue weighted by Gasteiger charge is -2.33. The maximum atomic E-state index is 8.75. The molecule has 5 nitrogen and oxygen atoms in total. The van der Waals surface area contributed by atoms with E-state index in [-0.39, 0.29) is 5.41 Å². The molecule has 0 aromatic rings. The summed E-state index contributed by atoms with van der Waals surface area (Å²) >= 11 is 0. The molecule has 1 aliphatic heterocycles. The summed E-state index contributed by atoms with van der Waals surface area (Å²) in [6.07, 6.45) is 5.61. The summed E-state index contributed by atoms with van der Waals surface area (Å²) in [4.78, 5) is 5.08. The van der Waals surface area contributed by atoms with Gasteiger partial charge in [0.05, 0.1) is 0 Å². The second-order valence-electron chi connectivity index (χ2n) is 6.42. The molecule has 1 aliphatic carbocycles. The molecular formula is C14H28N4O. The number of nitrogens with zero attached hydrogens (tertiary/aromatic N) is 3. The summed E-state index contributed by atoms with van der Waals surface area (Å²) in [5.74, 6) is 0.387. The molecule has 3 N–H and O–H groups in total. The van der Waals surface area contributed by atoms with Gasteiger partial charge >= 0.3 is 0 Å². The predicted octanol–water partition coefficient (Wildman–Crippen LogP) is 1.32. The van der Waals surface area contributed by atoms with Gasteiger partial charge in [0.15, 0.2) is 0 Å². The molecule has 2 rings (SSSR count). The Hall–Kier alpha value is -0.810. The van der Waals surface area contributed by atoms with Crippen LogP contribution in [0.15, 0.2) is 5.16 Å². The molecule has 0 amide bonds. The SMILES string of the molecule is CCC1CN(C)CCCN1CC1(CC(N)=NO)CC1. The molecule has 1 heterocycles. The Morgan fingerprint density at radius 1 is 1.42 bits per heavy atom. The van der Waals surface area contributed by atoms with E-state index in [1.807, 2.05) is 0 Å². The Morgan fingerprint density at radius 2 is 2.16 bits per heavy atom. The Bertz CT molecular complexity index is 327. The molecule has 19 heavy (non-hydrogen) atoms. The van der Waals surface area contributed by atoms with Crippen molar-refractivity contribution in [2.75, 3.05) is 33.2 Å². The van der Waals surface area contributed by atoms with Crippen LogP contribution >= 0.6 is 0 Å². The summed E-state index contributed by atoms with van der Waals surface area (Å²) in [6.45, 7) is 6.92. The second kappa shape index (κ2) is 6.09. The van der Waals surface area contributed by atoms with Crippen molar-refractivity contribution in [1.29, 1.82) is 0 Å². The van der Waals surface area contributed by atoms with Gasteiger partial charge in [0.2, 0.25) is 0 Å². The predicted molar refractivity (Wildman–Crippen MR) is 77.5 cm³/mol. The van der Waals surface area contributed by atoms with Gasteiger partial charge in [-0.15, -0.1) is 0 Å². The molecule has 0 aromatic heterocycles. The molecule has 5 heteroatoms. The zero-order valence-electron chi connectivity index (χ0n) is 12.3. The van der Waals surface area contributed by atoms with E-state index in [2.05, 4.69) is 28.9 Å². The first-order chi connectivity index (χ1) is 9.08. The minimum absolute atomic E-state index is 0.284. The van der Waals surface area contributed by atoms with Crippen LogP contribution in [0.3, 0.4) is 0 Å². The van der Waals surface area contributed by atoms with Crippen LogP contribution in [0.1, 0.15) is 39.0 Å². The normalized spacial score (nSPS) is 29.2. The Kier molecular flexibility index (Phi) is 4.68. The van der Waals surface area contributed by atoms with Gasteiger partial charge in [-0.3, -0.25) is 4.90 Å². The number of amidine groups is 1. The van der Waals surface area contributed by atoms with Crippen molar-refractivity contribution >= 4 is 5.84 Å². The van der Waals surface area contributed by atoms with Crippen LogP contribution in [-0.2, 0) is 0 Å².